The highest BCUT2D eigenvalue weighted by molar-refractivity contribution is 7.99. The molecule has 110 valence electrons. The van der Waals surface area contributed by atoms with E-state index < -0.39 is 10.0 Å². The molecule has 0 aliphatic rings. The molecule has 0 spiro atoms. The van der Waals surface area contributed by atoms with Crippen molar-refractivity contribution in [1.82, 2.24) is 4.98 Å². The molecule has 2 rings (SSSR count). The summed E-state index contributed by atoms with van der Waals surface area (Å²) in [5.41, 5.74) is 6.35. The van der Waals surface area contributed by atoms with Crippen LogP contribution in [0.5, 0.6) is 0 Å². The number of nitrogens with zero attached hydrogens (tertiary/aromatic N) is 1. The molecule has 1 aromatic heterocycles. The third kappa shape index (κ3) is 3.72. The van der Waals surface area contributed by atoms with Crippen LogP contribution in [0.25, 0.3) is 0 Å². The highest BCUT2D eigenvalue weighted by Crippen LogP contribution is 2.26. The van der Waals surface area contributed by atoms with E-state index in [-0.39, 0.29) is 9.88 Å². The molecule has 0 aliphatic carbocycles. The minimum atomic E-state index is -3.70. The van der Waals surface area contributed by atoms with Crippen molar-refractivity contribution in [3.05, 3.63) is 48.3 Å². The molecular formula is C13H13N3O2S3. The number of hydrogen-bond acceptors (Lipinski definition) is 5. The third-order valence-corrected chi connectivity index (χ3v) is 5.01. The lowest BCUT2D eigenvalue weighted by Crippen LogP contribution is -2.16. The molecule has 0 atom stereocenters. The van der Waals surface area contributed by atoms with Crippen LogP contribution in [-0.2, 0) is 10.0 Å². The molecule has 0 saturated carbocycles. The highest BCUT2D eigenvalue weighted by atomic mass is 32.2. The minimum absolute atomic E-state index is 0.0541. The Kier molecular flexibility index (Phi) is 4.81. The van der Waals surface area contributed by atoms with Gasteiger partial charge in [0.25, 0.3) is 10.0 Å². The van der Waals surface area contributed by atoms with Crippen molar-refractivity contribution in [3.63, 3.8) is 0 Å². The van der Waals surface area contributed by atoms with Crippen LogP contribution in [0, 0.1) is 0 Å². The normalized spacial score (nSPS) is 11.1. The van der Waals surface area contributed by atoms with Crippen LogP contribution < -0.4 is 10.5 Å². The Labute approximate surface area is 133 Å². The summed E-state index contributed by atoms with van der Waals surface area (Å²) in [6, 6.07) is 10.1. The molecule has 21 heavy (non-hydrogen) atoms. The SMILES string of the molecule is CSc1ccccc1NS(=O)(=O)c1ccc(C(N)=S)nc1. The Morgan fingerprint density at radius 3 is 2.57 bits per heavy atom. The molecule has 0 aliphatic heterocycles. The lowest BCUT2D eigenvalue weighted by Gasteiger charge is -2.11. The molecule has 0 unspecified atom stereocenters. The van der Waals surface area contributed by atoms with Gasteiger partial charge in [-0.25, -0.2) is 8.42 Å². The zero-order chi connectivity index (χ0) is 15.5. The molecule has 8 heteroatoms. The lowest BCUT2D eigenvalue weighted by atomic mass is 10.3. The molecule has 1 heterocycles. The van der Waals surface area contributed by atoms with Gasteiger partial charge in [-0.15, -0.1) is 11.8 Å². The number of para-hydroxylation sites is 1. The van der Waals surface area contributed by atoms with E-state index in [9.17, 15) is 8.42 Å². The average molecular weight is 339 g/mol. The van der Waals surface area contributed by atoms with E-state index in [4.69, 9.17) is 18.0 Å². The number of thiocarbonyl (C=S) groups is 1. The Hall–Kier alpha value is -1.64. The van der Waals surface area contributed by atoms with Crippen LogP contribution in [0.15, 0.2) is 52.4 Å². The van der Waals surface area contributed by atoms with E-state index in [1.54, 1.807) is 12.1 Å². The smallest absolute Gasteiger partial charge is 0.263 e. The predicted molar refractivity (Wildman–Crippen MR) is 89.2 cm³/mol. The maximum absolute atomic E-state index is 12.3. The van der Waals surface area contributed by atoms with E-state index >= 15 is 0 Å². The molecule has 0 radical (unpaired) electrons. The van der Waals surface area contributed by atoms with Gasteiger partial charge in [0.1, 0.15) is 9.88 Å². The largest absolute Gasteiger partial charge is 0.388 e. The standard InChI is InChI=1S/C13H13N3O2S3/c1-20-12-5-3-2-4-10(12)16-21(17,18)9-6-7-11(13(14)19)15-8-9/h2-8,16H,1H3,(H2,14,19). The summed E-state index contributed by atoms with van der Waals surface area (Å²) >= 11 is 6.25. The molecule has 1 aromatic carbocycles. The number of anilines is 1. The van der Waals surface area contributed by atoms with Crippen LogP contribution in [0.3, 0.4) is 0 Å². The van der Waals surface area contributed by atoms with Gasteiger partial charge < -0.3 is 5.73 Å². The van der Waals surface area contributed by atoms with E-state index in [0.29, 0.717) is 11.4 Å². The van der Waals surface area contributed by atoms with E-state index in [2.05, 4.69) is 9.71 Å². The summed E-state index contributed by atoms with van der Waals surface area (Å²) in [5.74, 6) is 0. The Morgan fingerprint density at radius 1 is 1.29 bits per heavy atom. The number of aromatic nitrogens is 1. The fraction of sp³-hybridized carbons (Fsp3) is 0.0769. The fourth-order valence-corrected chi connectivity index (χ4v) is 3.38. The van der Waals surface area contributed by atoms with Crippen molar-refractivity contribution in [2.75, 3.05) is 11.0 Å². The van der Waals surface area contributed by atoms with Crippen molar-refractivity contribution in [1.29, 1.82) is 0 Å². The van der Waals surface area contributed by atoms with Crippen LogP contribution in [0.4, 0.5) is 5.69 Å². The van der Waals surface area contributed by atoms with E-state index in [1.807, 2.05) is 18.4 Å². The number of rotatable bonds is 5. The molecule has 3 N–H and O–H groups in total. The third-order valence-electron chi connectivity index (χ3n) is 2.65. The summed E-state index contributed by atoms with van der Waals surface area (Å²) in [4.78, 5) is 4.96. The second kappa shape index (κ2) is 6.42. The van der Waals surface area contributed by atoms with Crippen molar-refractivity contribution in [2.45, 2.75) is 9.79 Å². The second-order valence-corrected chi connectivity index (χ2v) is 7.02. The molecule has 0 amide bonds. The van der Waals surface area contributed by atoms with Gasteiger partial charge in [0.05, 0.1) is 11.4 Å². The van der Waals surface area contributed by atoms with Gasteiger partial charge in [-0.1, -0.05) is 24.4 Å². The van der Waals surface area contributed by atoms with Crippen LogP contribution >= 0.6 is 24.0 Å². The Morgan fingerprint density at radius 2 is 2.00 bits per heavy atom. The first-order valence-corrected chi connectivity index (χ1v) is 8.97. The molecule has 2 aromatic rings. The summed E-state index contributed by atoms with van der Waals surface area (Å²) in [7, 11) is -3.70. The van der Waals surface area contributed by atoms with Gasteiger partial charge in [-0.3, -0.25) is 9.71 Å². The molecule has 0 saturated heterocycles. The van der Waals surface area contributed by atoms with E-state index in [0.717, 1.165) is 4.90 Å². The van der Waals surface area contributed by atoms with Crippen molar-refractivity contribution < 1.29 is 8.42 Å². The molecule has 0 bridgehead atoms. The number of nitrogens with two attached hydrogens (primary N) is 1. The first kappa shape index (κ1) is 15.7. The van der Waals surface area contributed by atoms with Gasteiger partial charge in [0.15, 0.2) is 0 Å². The van der Waals surface area contributed by atoms with Gasteiger partial charge in [-0.2, -0.15) is 0 Å². The number of hydrogen-bond donors (Lipinski definition) is 2. The van der Waals surface area contributed by atoms with E-state index in [1.165, 1.54) is 30.1 Å². The summed E-state index contributed by atoms with van der Waals surface area (Å²) in [5, 5.41) is 0. The first-order valence-electron chi connectivity index (χ1n) is 5.86. The lowest BCUT2D eigenvalue weighted by molar-refractivity contribution is 0.600. The predicted octanol–water partition coefficient (Wildman–Crippen LogP) is 2.24. The van der Waals surface area contributed by atoms with Crippen LogP contribution in [0.1, 0.15) is 5.69 Å². The van der Waals surface area contributed by atoms with Crippen LogP contribution in [0.2, 0.25) is 0 Å². The van der Waals surface area contributed by atoms with Gasteiger partial charge in [0.2, 0.25) is 0 Å². The summed E-state index contributed by atoms with van der Waals surface area (Å²) in [6.45, 7) is 0. The fourth-order valence-electron chi connectivity index (χ4n) is 1.62. The maximum atomic E-state index is 12.3. The van der Waals surface area contributed by atoms with Gasteiger partial charge >= 0.3 is 0 Å². The average Bonchev–Trinajstić information content (AvgIpc) is 2.47. The van der Waals surface area contributed by atoms with Crippen LogP contribution in [-0.4, -0.2) is 24.6 Å². The Balaban J connectivity index is 2.32. The second-order valence-electron chi connectivity index (χ2n) is 4.05. The van der Waals surface area contributed by atoms with Crippen molar-refractivity contribution in [2.24, 2.45) is 5.73 Å². The van der Waals surface area contributed by atoms with Gasteiger partial charge in [0, 0.05) is 11.1 Å². The zero-order valence-electron chi connectivity index (χ0n) is 11.1. The molecular weight excluding hydrogens is 326 g/mol. The molecule has 0 fully saturated rings. The van der Waals surface area contributed by atoms with Gasteiger partial charge in [-0.05, 0) is 30.5 Å². The Bertz CT molecular complexity index is 758. The highest BCUT2D eigenvalue weighted by Gasteiger charge is 2.16. The monoisotopic (exact) mass is 339 g/mol. The maximum Gasteiger partial charge on any atom is 0.263 e. The van der Waals surface area contributed by atoms with Crippen molar-refractivity contribution in [3.8, 4) is 0 Å². The minimum Gasteiger partial charge on any atom is -0.388 e. The molecule has 5 nitrogen and oxygen atoms in total. The topological polar surface area (TPSA) is 85.1 Å². The number of sulfonamides is 1. The summed E-state index contributed by atoms with van der Waals surface area (Å²) < 4.78 is 27.2. The summed E-state index contributed by atoms with van der Waals surface area (Å²) in [6.07, 6.45) is 3.12. The number of thioether (sulfide) groups is 1. The number of pyridine rings is 1. The first-order chi connectivity index (χ1) is 9.94. The quantitative estimate of drug-likeness (QED) is 0.642. The number of nitrogens with one attached hydrogen (secondary N) is 1. The number of benzene rings is 1. The van der Waals surface area contributed by atoms with Crippen molar-refractivity contribution >= 4 is 44.7 Å². The zero-order valence-corrected chi connectivity index (χ0v) is 13.6.